The minimum Gasteiger partial charge on any atom is -0.496 e. The van der Waals surface area contributed by atoms with E-state index < -0.39 is 0 Å². The molecule has 0 aliphatic rings. The molecule has 1 aromatic carbocycles. The van der Waals surface area contributed by atoms with Gasteiger partial charge in [0.1, 0.15) is 5.75 Å². The highest BCUT2D eigenvalue weighted by Crippen LogP contribution is 2.27. The van der Waals surface area contributed by atoms with E-state index in [-0.39, 0.29) is 24.4 Å². The van der Waals surface area contributed by atoms with Crippen molar-refractivity contribution >= 4 is 39.9 Å². The summed E-state index contributed by atoms with van der Waals surface area (Å²) in [6.45, 7) is 1.80. The van der Waals surface area contributed by atoms with Crippen molar-refractivity contribution in [2.45, 2.75) is 19.4 Å². The SMILES string of the molecule is COc1ccc(NC(=O)CC(C)N)cc1Br.Cl. The van der Waals surface area contributed by atoms with Gasteiger partial charge in [-0.3, -0.25) is 4.79 Å². The number of carbonyl (C=O) groups is 1. The van der Waals surface area contributed by atoms with E-state index in [0.29, 0.717) is 6.42 Å². The van der Waals surface area contributed by atoms with Crippen LogP contribution in [-0.4, -0.2) is 19.1 Å². The second-order valence-electron chi connectivity index (χ2n) is 3.58. The van der Waals surface area contributed by atoms with Gasteiger partial charge < -0.3 is 15.8 Å². The monoisotopic (exact) mass is 322 g/mol. The number of methoxy groups -OCH3 is 1. The van der Waals surface area contributed by atoms with Crippen LogP contribution in [0.15, 0.2) is 22.7 Å². The van der Waals surface area contributed by atoms with Gasteiger partial charge in [-0.2, -0.15) is 0 Å². The Morgan fingerprint density at radius 3 is 2.71 bits per heavy atom. The summed E-state index contributed by atoms with van der Waals surface area (Å²) in [5.41, 5.74) is 6.25. The van der Waals surface area contributed by atoms with E-state index in [4.69, 9.17) is 10.5 Å². The number of hydrogen-bond acceptors (Lipinski definition) is 3. The fraction of sp³-hybridized carbons (Fsp3) is 0.364. The Kier molecular flexibility index (Phi) is 7.18. The topological polar surface area (TPSA) is 64.3 Å². The van der Waals surface area contributed by atoms with E-state index in [1.807, 2.05) is 0 Å². The highest BCUT2D eigenvalue weighted by molar-refractivity contribution is 9.10. The minimum atomic E-state index is -0.137. The number of hydrogen-bond donors (Lipinski definition) is 2. The van der Waals surface area contributed by atoms with E-state index in [1.165, 1.54) is 0 Å². The van der Waals surface area contributed by atoms with Gasteiger partial charge in [0.15, 0.2) is 0 Å². The number of benzene rings is 1. The summed E-state index contributed by atoms with van der Waals surface area (Å²) in [4.78, 5) is 11.5. The molecule has 0 heterocycles. The van der Waals surface area contributed by atoms with Crippen molar-refractivity contribution in [1.82, 2.24) is 0 Å². The zero-order valence-electron chi connectivity index (χ0n) is 9.70. The van der Waals surface area contributed by atoms with Crippen LogP contribution in [0.4, 0.5) is 5.69 Å². The normalized spacial score (nSPS) is 11.3. The molecule has 0 aliphatic heterocycles. The third-order valence-corrected chi connectivity index (χ3v) is 2.56. The number of carbonyl (C=O) groups excluding carboxylic acids is 1. The molecule has 0 bridgehead atoms. The van der Waals surface area contributed by atoms with E-state index >= 15 is 0 Å². The lowest BCUT2D eigenvalue weighted by Gasteiger charge is -2.09. The number of halogens is 2. The van der Waals surface area contributed by atoms with Crippen molar-refractivity contribution < 1.29 is 9.53 Å². The van der Waals surface area contributed by atoms with Gasteiger partial charge in [-0.25, -0.2) is 0 Å². The Labute approximate surface area is 115 Å². The van der Waals surface area contributed by atoms with Gasteiger partial charge in [-0.1, -0.05) is 0 Å². The first-order valence-electron chi connectivity index (χ1n) is 4.92. The predicted molar refractivity (Wildman–Crippen MR) is 74.8 cm³/mol. The number of nitrogens with one attached hydrogen (secondary N) is 1. The van der Waals surface area contributed by atoms with Crippen LogP contribution in [0.2, 0.25) is 0 Å². The van der Waals surface area contributed by atoms with Gasteiger partial charge in [0, 0.05) is 18.2 Å². The molecule has 4 nitrogen and oxygen atoms in total. The molecule has 0 aromatic heterocycles. The number of anilines is 1. The molecule has 96 valence electrons. The maximum Gasteiger partial charge on any atom is 0.225 e. The number of ether oxygens (including phenoxy) is 1. The molecule has 6 heteroatoms. The summed E-state index contributed by atoms with van der Waals surface area (Å²) in [5, 5.41) is 2.76. The average Bonchev–Trinajstić information content (AvgIpc) is 2.16. The van der Waals surface area contributed by atoms with E-state index in [1.54, 1.807) is 32.2 Å². The lowest BCUT2D eigenvalue weighted by atomic mass is 10.2. The maximum absolute atomic E-state index is 11.5. The number of nitrogens with two attached hydrogens (primary N) is 1. The van der Waals surface area contributed by atoms with Gasteiger partial charge in [0.2, 0.25) is 5.91 Å². The Morgan fingerprint density at radius 1 is 1.59 bits per heavy atom. The van der Waals surface area contributed by atoms with Gasteiger partial charge in [-0.05, 0) is 41.1 Å². The average molecular weight is 324 g/mol. The van der Waals surface area contributed by atoms with Crippen LogP contribution in [-0.2, 0) is 4.79 Å². The van der Waals surface area contributed by atoms with Crippen molar-refractivity contribution in [2.75, 3.05) is 12.4 Å². The highest BCUT2D eigenvalue weighted by Gasteiger charge is 2.07. The predicted octanol–water partition coefficient (Wildman–Crippen LogP) is 2.56. The summed E-state index contributed by atoms with van der Waals surface area (Å²) >= 11 is 3.35. The Hall–Kier alpha value is -0.780. The smallest absolute Gasteiger partial charge is 0.225 e. The van der Waals surface area contributed by atoms with Crippen molar-refractivity contribution in [3.05, 3.63) is 22.7 Å². The molecule has 0 aliphatic carbocycles. The second kappa shape index (κ2) is 7.53. The summed E-state index contributed by atoms with van der Waals surface area (Å²) in [5.74, 6) is 0.636. The van der Waals surface area contributed by atoms with Crippen LogP contribution in [0, 0.1) is 0 Å². The largest absolute Gasteiger partial charge is 0.496 e. The van der Waals surface area contributed by atoms with Crippen LogP contribution < -0.4 is 15.8 Å². The second-order valence-corrected chi connectivity index (χ2v) is 4.43. The lowest BCUT2D eigenvalue weighted by molar-refractivity contribution is -0.116. The van der Waals surface area contributed by atoms with Crippen LogP contribution in [0.3, 0.4) is 0 Å². The van der Waals surface area contributed by atoms with Gasteiger partial charge in [0.25, 0.3) is 0 Å². The molecule has 1 aromatic rings. The maximum atomic E-state index is 11.5. The molecule has 3 N–H and O–H groups in total. The molecule has 1 amide bonds. The molecule has 1 rings (SSSR count). The Bertz CT molecular complexity index is 386. The lowest BCUT2D eigenvalue weighted by Crippen LogP contribution is -2.23. The quantitative estimate of drug-likeness (QED) is 0.895. The van der Waals surface area contributed by atoms with E-state index in [2.05, 4.69) is 21.2 Å². The molecular formula is C11H16BrClN2O2. The van der Waals surface area contributed by atoms with E-state index in [9.17, 15) is 4.79 Å². The molecule has 0 saturated heterocycles. The third kappa shape index (κ3) is 5.39. The molecule has 0 spiro atoms. The van der Waals surface area contributed by atoms with Crippen LogP contribution in [0.5, 0.6) is 5.75 Å². The van der Waals surface area contributed by atoms with Gasteiger partial charge in [-0.15, -0.1) is 12.4 Å². The van der Waals surface area contributed by atoms with Crippen molar-refractivity contribution in [3.63, 3.8) is 0 Å². The molecular weight excluding hydrogens is 307 g/mol. The van der Waals surface area contributed by atoms with Crippen LogP contribution in [0.1, 0.15) is 13.3 Å². The third-order valence-electron chi connectivity index (χ3n) is 1.94. The first-order chi connectivity index (χ1) is 7.52. The molecule has 0 fully saturated rings. The van der Waals surface area contributed by atoms with Crippen molar-refractivity contribution in [3.8, 4) is 5.75 Å². The zero-order valence-corrected chi connectivity index (χ0v) is 12.1. The van der Waals surface area contributed by atoms with Crippen molar-refractivity contribution in [1.29, 1.82) is 0 Å². The number of rotatable bonds is 4. The Balaban J connectivity index is 0.00000256. The fourth-order valence-electron chi connectivity index (χ4n) is 1.25. The molecule has 1 unspecified atom stereocenters. The molecule has 0 saturated carbocycles. The van der Waals surface area contributed by atoms with E-state index in [0.717, 1.165) is 15.9 Å². The van der Waals surface area contributed by atoms with Crippen molar-refractivity contribution in [2.24, 2.45) is 5.73 Å². The van der Waals surface area contributed by atoms with Gasteiger partial charge >= 0.3 is 0 Å². The molecule has 1 atom stereocenters. The Morgan fingerprint density at radius 2 is 2.24 bits per heavy atom. The van der Waals surface area contributed by atoms with Crippen LogP contribution in [0.25, 0.3) is 0 Å². The summed E-state index contributed by atoms with van der Waals surface area (Å²) in [7, 11) is 1.59. The molecule has 17 heavy (non-hydrogen) atoms. The fourth-order valence-corrected chi connectivity index (χ4v) is 1.79. The number of amides is 1. The van der Waals surface area contributed by atoms with Gasteiger partial charge in [0.05, 0.1) is 11.6 Å². The highest BCUT2D eigenvalue weighted by atomic mass is 79.9. The zero-order chi connectivity index (χ0) is 12.1. The summed E-state index contributed by atoms with van der Waals surface area (Å²) in [6.07, 6.45) is 0.309. The summed E-state index contributed by atoms with van der Waals surface area (Å²) < 4.78 is 5.89. The minimum absolute atomic E-state index is 0. The summed E-state index contributed by atoms with van der Waals surface area (Å²) in [6, 6.07) is 5.22. The standard InChI is InChI=1S/C11H15BrN2O2.ClH/c1-7(13)5-11(15)14-8-3-4-10(16-2)9(12)6-8;/h3-4,6-7H,5,13H2,1-2H3,(H,14,15);1H. The van der Waals surface area contributed by atoms with Crippen LogP contribution >= 0.6 is 28.3 Å². The molecule has 0 radical (unpaired) electrons. The first-order valence-corrected chi connectivity index (χ1v) is 5.71. The first kappa shape index (κ1) is 16.2.